The van der Waals surface area contributed by atoms with E-state index >= 15 is 0 Å². The molecule has 1 aromatic rings. The molecule has 3 heterocycles. The number of nitrogens with zero attached hydrogens (tertiary/aromatic N) is 3. The van der Waals surface area contributed by atoms with Gasteiger partial charge in [0.25, 0.3) is 11.8 Å². The number of amides is 1. The molecule has 3 rings (SSSR count). The van der Waals surface area contributed by atoms with Crippen LogP contribution in [0.5, 0.6) is 0 Å². The van der Waals surface area contributed by atoms with Gasteiger partial charge in [0.2, 0.25) is 0 Å². The lowest BCUT2D eigenvalue weighted by Gasteiger charge is -2.38. The van der Waals surface area contributed by atoms with E-state index in [1.807, 2.05) is 0 Å². The molecule has 2 saturated heterocycles. The Labute approximate surface area is 133 Å². The summed E-state index contributed by atoms with van der Waals surface area (Å²) < 4.78 is 27.2. The molecule has 0 aromatic carbocycles. The molecule has 1 amide bonds. The van der Waals surface area contributed by atoms with Gasteiger partial charge in [0, 0.05) is 37.3 Å². The number of carbonyl (C=O) groups is 1. The van der Waals surface area contributed by atoms with Gasteiger partial charge in [-0.25, -0.2) is 8.78 Å². The van der Waals surface area contributed by atoms with E-state index in [9.17, 15) is 18.7 Å². The van der Waals surface area contributed by atoms with Crippen LogP contribution in [0.4, 0.5) is 8.78 Å². The summed E-state index contributed by atoms with van der Waals surface area (Å²) in [5, 5.41) is 16.0. The van der Waals surface area contributed by atoms with Crippen molar-refractivity contribution in [3.05, 3.63) is 17.5 Å². The number of piperidine rings is 1. The van der Waals surface area contributed by atoms with Gasteiger partial charge in [-0.15, -0.1) is 0 Å². The SMILES string of the molecule is Cc1[nH]ncc1C(=O)N1CCC(N2CC(F)(F)C[C@H]2CO)CC1. The highest BCUT2D eigenvalue weighted by Crippen LogP contribution is 2.35. The second-order valence-electron chi connectivity index (χ2n) is 6.50. The van der Waals surface area contributed by atoms with E-state index in [-0.39, 0.29) is 31.5 Å². The molecular weight excluding hydrogens is 306 g/mol. The second kappa shape index (κ2) is 6.16. The first-order valence-electron chi connectivity index (χ1n) is 7.95. The van der Waals surface area contributed by atoms with Crippen LogP contribution in [0.1, 0.15) is 35.3 Å². The first-order valence-corrected chi connectivity index (χ1v) is 7.95. The third-order valence-electron chi connectivity index (χ3n) is 4.91. The normalized spacial score (nSPS) is 25.9. The van der Waals surface area contributed by atoms with Gasteiger partial charge in [-0.3, -0.25) is 14.8 Å². The Morgan fingerprint density at radius 1 is 1.48 bits per heavy atom. The van der Waals surface area contributed by atoms with Gasteiger partial charge in [-0.1, -0.05) is 0 Å². The van der Waals surface area contributed by atoms with Crippen LogP contribution < -0.4 is 0 Å². The largest absolute Gasteiger partial charge is 0.395 e. The van der Waals surface area contributed by atoms with E-state index in [2.05, 4.69) is 10.2 Å². The number of nitrogens with one attached hydrogen (secondary N) is 1. The number of H-pyrrole nitrogens is 1. The Morgan fingerprint density at radius 3 is 2.74 bits per heavy atom. The molecule has 8 heteroatoms. The van der Waals surface area contributed by atoms with E-state index in [0.717, 1.165) is 5.69 Å². The van der Waals surface area contributed by atoms with Crippen molar-refractivity contribution in [2.45, 2.75) is 44.2 Å². The van der Waals surface area contributed by atoms with Gasteiger partial charge >= 0.3 is 0 Å². The number of aliphatic hydroxyl groups excluding tert-OH is 1. The first kappa shape index (κ1) is 16.3. The van der Waals surface area contributed by atoms with E-state index in [1.165, 1.54) is 6.20 Å². The number of aliphatic hydroxyl groups is 1. The number of rotatable bonds is 3. The van der Waals surface area contributed by atoms with Crippen molar-refractivity contribution >= 4 is 5.91 Å². The Balaban J connectivity index is 1.60. The molecule has 0 bridgehead atoms. The van der Waals surface area contributed by atoms with Gasteiger partial charge in [0.15, 0.2) is 0 Å². The molecule has 2 aliphatic rings. The lowest BCUT2D eigenvalue weighted by atomic mass is 10.0. The Hall–Kier alpha value is -1.54. The topological polar surface area (TPSA) is 72.5 Å². The number of likely N-dealkylation sites (tertiary alicyclic amines) is 2. The van der Waals surface area contributed by atoms with E-state index < -0.39 is 12.0 Å². The minimum Gasteiger partial charge on any atom is -0.395 e. The van der Waals surface area contributed by atoms with Crippen LogP contribution in [0, 0.1) is 6.92 Å². The van der Waals surface area contributed by atoms with Crippen LogP contribution >= 0.6 is 0 Å². The molecule has 128 valence electrons. The summed E-state index contributed by atoms with van der Waals surface area (Å²) in [6.07, 6.45) is 2.54. The van der Waals surface area contributed by atoms with Crippen LogP contribution in [-0.4, -0.2) is 75.3 Å². The molecule has 6 nitrogen and oxygen atoms in total. The molecule has 2 N–H and O–H groups in total. The predicted octanol–water partition coefficient (Wildman–Crippen LogP) is 1.02. The lowest BCUT2D eigenvalue weighted by Crippen LogP contribution is -2.49. The fourth-order valence-corrected chi connectivity index (χ4v) is 3.66. The maximum Gasteiger partial charge on any atom is 0.262 e. The highest BCUT2D eigenvalue weighted by atomic mass is 19.3. The van der Waals surface area contributed by atoms with Gasteiger partial charge in [0.1, 0.15) is 0 Å². The highest BCUT2D eigenvalue weighted by molar-refractivity contribution is 5.95. The van der Waals surface area contributed by atoms with Crippen LogP contribution in [0.15, 0.2) is 6.20 Å². The number of aryl methyl sites for hydroxylation is 1. The fourth-order valence-electron chi connectivity index (χ4n) is 3.66. The van der Waals surface area contributed by atoms with E-state index in [4.69, 9.17) is 0 Å². The summed E-state index contributed by atoms with van der Waals surface area (Å²) in [6.45, 7) is 2.33. The van der Waals surface area contributed by atoms with Gasteiger partial charge in [-0.2, -0.15) is 5.10 Å². The first-order chi connectivity index (χ1) is 10.9. The average Bonchev–Trinajstić information content (AvgIpc) is 3.09. The molecule has 2 fully saturated rings. The molecule has 0 saturated carbocycles. The Kier molecular flexibility index (Phi) is 4.37. The quantitative estimate of drug-likeness (QED) is 0.869. The van der Waals surface area contributed by atoms with E-state index in [1.54, 1.807) is 16.7 Å². The molecule has 0 unspecified atom stereocenters. The van der Waals surface area contributed by atoms with Crippen molar-refractivity contribution in [1.29, 1.82) is 0 Å². The molecular formula is C15H22F2N4O2. The van der Waals surface area contributed by atoms with E-state index in [0.29, 0.717) is 31.5 Å². The molecule has 2 aliphatic heterocycles. The zero-order chi connectivity index (χ0) is 16.6. The maximum atomic E-state index is 13.6. The zero-order valence-electron chi connectivity index (χ0n) is 13.1. The average molecular weight is 328 g/mol. The summed E-state index contributed by atoms with van der Waals surface area (Å²) in [5.41, 5.74) is 1.29. The number of hydrogen-bond donors (Lipinski definition) is 2. The number of halogens is 2. The van der Waals surface area contributed by atoms with Crippen molar-refractivity contribution in [3.63, 3.8) is 0 Å². The van der Waals surface area contributed by atoms with Crippen molar-refractivity contribution in [1.82, 2.24) is 20.0 Å². The Morgan fingerprint density at radius 2 is 2.17 bits per heavy atom. The third-order valence-corrected chi connectivity index (χ3v) is 4.91. The van der Waals surface area contributed by atoms with Crippen LogP contribution in [-0.2, 0) is 0 Å². The molecule has 0 radical (unpaired) electrons. The number of hydrogen-bond acceptors (Lipinski definition) is 4. The fraction of sp³-hybridized carbons (Fsp3) is 0.733. The number of aromatic amines is 1. The molecule has 23 heavy (non-hydrogen) atoms. The summed E-state index contributed by atoms with van der Waals surface area (Å²) in [4.78, 5) is 15.9. The number of carbonyl (C=O) groups excluding carboxylic acids is 1. The minimum atomic E-state index is -2.73. The summed E-state index contributed by atoms with van der Waals surface area (Å²) in [7, 11) is 0. The zero-order valence-corrected chi connectivity index (χ0v) is 13.1. The summed E-state index contributed by atoms with van der Waals surface area (Å²) >= 11 is 0. The standard InChI is InChI=1S/C15H22F2N4O2/c1-10-13(7-18-19-10)14(23)20-4-2-11(3-5-20)21-9-15(16,17)6-12(21)8-22/h7,11-12,22H,2-6,8-9H2,1H3,(H,18,19)/t12-/m0/s1. The number of alkyl halides is 2. The molecule has 0 aliphatic carbocycles. The minimum absolute atomic E-state index is 0.00461. The second-order valence-corrected chi connectivity index (χ2v) is 6.50. The lowest BCUT2D eigenvalue weighted by molar-refractivity contribution is 0.00296. The molecule has 1 atom stereocenters. The van der Waals surface area contributed by atoms with Gasteiger partial charge < -0.3 is 10.0 Å². The van der Waals surface area contributed by atoms with Crippen molar-refractivity contribution in [2.24, 2.45) is 0 Å². The smallest absolute Gasteiger partial charge is 0.262 e. The third kappa shape index (κ3) is 3.23. The monoisotopic (exact) mass is 328 g/mol. The van der Waals surface area contributed by atoms with Crippen LogP contribution in [0.3, 0.4) is 0 Å². The summed E-state index contributed by atoms with van der Waals surface area (Å²) in [6, 6.07) is -0.483. The van der Waals surface area contributed by atoms with Crippen molar-refractivity contribution in [3.8, 4) is 0 Å². The highest BCUT2D eigenvalue weighted by Gasteiger charge is 2.47. The Bertz CT molecular complexity index is 570. The van der Waals surface area contributed by atoms with Crippen molar-refractivity contribution < 1.29 is 18.7 Å². The summed E-state index contributed by atoms with van der Waals surface area (Å²) in [5.74, 6) is -2.80. The van der Waals surface area contributed by atoms with Gasteiger partial charge in [0.05, 0.1) is 24.9 Å². The maximum absolute atomic E-state index is 13.6. The van der Waals surface area contributed by atoms with Gasteiger partial charge in [-0.05, 0) is 19.8 Å². The number of aromatic nitrogens is 2. The molecule has 1 aromatic heterocycles. The van der Waals surface area contributed by atoms with Crippen molar-refractivity contribution in [2.75, 3.05) is 26.2 Å². The van der Waals surface area contributed by atoms with Crippen LogP contribution in [0.2, 0.25) is 0 Å². The predicted molar refractivity (Wildman–Crippen MR) is 79.4 cm³/mol. The van der Waals surface area contributed by atoms with Crippen LogP contribution in [0.25, 0.3) is 0 Å². The molecule has 0 spiro atoms.